The number of carbonyl (C=O) groups excluding carboxylic acids is 2. The Kier molecular flexibility index (Phi) is 2.34. The highest BCUT2D eigenvalue weighted by Crippen LogP contribution is 2.71. The average Bonchev–Trinajstić information content (AvgIpc) is 3.13. The number of ether oxygens (including phenoxy) is 2. The molecule has 0 amide bonds. The van der Waals surface area contributed by atoms with Gasteiger partial charge in [-0.15, -0.1) is 0 Å². The molecular weight excluding hydrogens is 292 g/mol. The zero-order valence-electron chi connectivity index (χ0n) is 13.2. The van der Waals surface area contributed by atoms with Gasteiger partial charge in [-0.05, 0) is 68.3 Å². The number of ketones is 1. The maximum absolute atomic E-state index is 12.2. The summed E-state index contributed by atoms with van der Waals surface area (Å²) >= 11 is 0. The van der Waals surface area contributed by atoms with Gasteiger partial charge in [-0.25, -0.2) is 0 Å². The molecule has 5 fully saturated rings. The van der Waals surface area contributed by atoms with E-state index in [0.29, 0.717) is 35.9 Å². The lowest BCUT2D eigenvalue weighted by atomic mass is 9.51. The van der Waals surface area contributed by atoms with E-state index < -0.39 is 0 Å². The molecule has 2 heterocycles. The Hall–Kier alpha value is -1.16. The second-order valence-corrected chi connectivity index (χ2v) is 8.61. The van der Waals surface area contributed by atoms with E-state index in [2.05, 4.69) is 0 Å². The van der Waals surface area contributed by atoms with Crippen molar-refractivity contribution in [2.24, 2.45) is 35.0 Å². The summed E-state index contributed by atoms with van der Waals surface area (Å²) in [6.07, 6.45) is 8.99. The molecule has 0 radical (unpaired) electrons. The third-order valence-corrected chi connectivity index (χ3v) is 8.10. The van der Waals surface area contributed by atoms with Crippen molar-refractivity contribution in [2.75, 3.05) is 0 Å². The Balaban J connectivity index is 1.44. The van der Waals surface area contributed by atoms with E-state index in [1.807, 2.05) is 6.08 Å². The largest absolute Gasteiger partial charge is 0.435 e. The fourth-order valence-electron chi connectivity index (χ4n) is 7.45. The Morgan fingerprint density at radius 1 is 1.09 bits per heavy atom. The minimum absolute atomic E-state index is 0.00534. The van der Waals surface area contributed by atoms with Crippen LogP contribution in [0.5, 0.6) is 0 Å². The molecule has 3 saturated carbocycles. The summed E-state index contributed by atoms with van der Waals surface area (Å²) in [5, 5.41) is 0. The summed E-state index contributed by atoms with van der Waals surface area (Å²) in [7, 11) is 0. The highest BCUT2D eigenvalue weighted by molar-refractivity contribution is 5.91. The molecule has 1 spiro atoms. The number of hydrogen-bond acceptors (Lipinski definition) is 4. The van der Waals surface area contributed by atoms with Crippen LogP contribution in [0.1, 0.15) is 44.9 Å². The van der Waals surface area contributed by atoms with Crippen LogP contribution < -0.4 is 0 Å². The zero-order chi connectivity index (χ0) is 15.3. The minimum Gasteiger partial charge on any atom is -0.435 e. The summed E-state index contributed by atoms with van der Waals surface area (Å²) in [6, 6.07) is 0. The third-order valence-electron chi connectivity index (χ3n) is 8.10. The van der Waals surface area contributed by atoms with E-state index in [1.54, 1.807) is 0 Å². The molecule has 0 aromatic rings. The number of carbonyl (C=O) groups is 2. The highest BCUT2D eigenvalue weighted by Gasteiger charge is 2.74. The Morgan fingerprint density at radius 2 is 2.00 bits per heavy atom. The van der Waals surface area contributed by atoms with Crippen LogP contribution >= 0.6 is 0 Å². The van der Waals surface area contributed by atoms with Gasteiger partial charge in [-0.1, -0.05) is 5.57 Å². The van der Waals surface area contributed by atoms with Gasteiger partial charge in [0.1, 0.15) is 0 Å². The second kappa shape index (κ2) is 4.08. The standard InChI is InChI=1S/C19H22O4/c20-10-2-4-11-9(7-10)1-3-12-13-5-6-14-17(21)23-18-19(13,14)8-15(22-18)16(11)12/h7,11-16,18H,1-6,8H2/t11-,12-,13-,14+,15-,16+,18?,19+/m0/s1. The van der Waals surface area contributed by atoms with Crippen LogP contribution in [0.3, 0.4) is 0 Å². The van der Waals surface area contributed by atoms with E-state index in [9.17, 15) is 9.59 Å². The summed E-state index contributed by atoms with van der Waals surface area (Å²) in [5.74, 6) is 2.72. The number of esters is 1. The van der Waals surface area contributed by atoms with Crippen molar-refractivity contribution < 1.29 is 19.1 Å². The van der Waals surface area contributed by atoms with Crippen molar-refractivity contribution in [3.63, 3.8) is 0 Å². The highest BCUT2D eigenvalue weighted by atomic mass is 16.7. The number of hydrogen-bond donors (Lipinski definition) is 0. The molecule has 0 N–H and O–H groups in total. The van der Waals surface area contributed by atoms with Gasteiger partial charge in [0, 0.05) is 6.42 Å². The van der Waals surface area contributed by atoms with Crippen LogP contribution in [0.2, 0.25) is 0 Å². The van der Waals surface area contributed by atoms with Crippen molar-refractivity contribution in [3.8, 4) is 0 Å². The topological polar surface area (TPSA) is 52.6 Å². The van der Waals surface area contributed by atoms with Crippen LogP contribution in [0.15, 0.2) is 11.6 Å². The summed E-state index contributed by atoms with van der Waals surface area (Å²) in [6.45, 7) is 0. The summed E-state index contributed by atoms with van der Waals surface area (Å²) < 4.78 is 12.0. The Labute approximate surface area is 135 Å². The second-order valence-electron chi connectivity index (χ2n) is 8.61. The van der Waals surface area contributed by atoms with Gasteiger partial charge < -0.3 is 9.47 Å². The average molecular weight is 314 g/mol. The number of allylic oxidation sites excluding steroid dienone is 1. The lowest BCUT2D eigenvalue weighted by molar-refractivity contribution is -0.171. The van der Waals surface area contributed by atoms with Crippen molar-refractivity contribution in [3.05, 3.63) is 11.6 Å². The summed E-state index contributed by atoms with van der Waals surface area (Å²) in [5.41, 5.74) is 1.37. The zero-order valence-corrected chi connectivity index (χ0v) is 13.2. The van der Waals surface area contributed by atoms with Gasteiger partial charge in [-0.3, -0.25) is 9.59 Å². The molecule has 23 heavy (non-hydrogen) atoms. The van der Waals surface area contributed by atoms with Crippen LogP contribution in [-0.4, -0.2) is 24.1 Å². The molecular formula is C19H22O4. The van der Waals surface area contributed by atoms with Crippen LogP contribution in [0.4, 0.5) is 0 Å². The minimum atomic E-state index is -0.277. The van der Waals surface area contributed by atoms with Gasteiger partial charge >= 0.3 is 5.97 Å². The van der Waals surface area contributed by atoms with E-state index in [1.165, 1.54) is 12.0 Å². The molecule has 122 valence electrons. The van der Waals surface area contributed by atoms with Gasteiger partial charge in [0.2, 0.25) is 6.29 Å². The molecule has 4 nitrogen and oxygen atoms in total. The van der Waals surface area contributed by atoms with Crippen LogP contribution in [0.25, 0.3) is 0 Å². The van der Waals surface area contributed by atoms with Gasteiger partial charge in [0.25, 0.3) is 0 Å². The van der Waals surface area contributed by atoms with Crippen molar-refractivity contribution in [1.29, 1.82) is 0 Å². The molecule has 2 aliphatic heterocycles. The maximum atomic E-state index is 12.2. The monoisotopic (exact) mass is 314 g/mol. The number of rotatable bonds is 0. The molecule has 1 unspecified atom stereocenters. The quantitative estimate of drug-likeness (QED) is 0.645. The lowest BCUT2D eigenvalue weighted by Gasteiger charge is -2.51. The molecule has 2 bridgehead atoms. The molecule has 8 atom stereocenters. The fraction of sp³-hybridized carbons (Fsp3) is 0.789. The molecule has 6 aliphatic rings. The third kappa shape index (κ3) is 1.39. The SMILES string of the molecule is O=C1C=C2CC[C@@H]3[C@H]([C@@H]4C[C@]56C(OC(=O)[C@H]5CC[C@@H]36)O4)[C@H]2CC1. The molecule has 4 heteroatoms. The van der Waals surface area contributed by atoms with Crippen molar-refractivity contribution in [1.82, 2.24) is 0 Å². The molecule has 0 aromatic heterocycles. The Morgan fingerprint density at radius 3 is 2.91 bits per heavy atom. The fourth-order valence-corrected chi connectivity index (χ4v) is 7.45. The normalized spacial score (nSPS) is 55.8. The van der Waals surface area contributed by atoms with Gasteiger partial charge in [0.15, 0.2) is 5.78 Å². The molecule has 4 aliphatic carbocycles. The smallest absolute Gasteiger partial charge is 0.312 e. The van der Waals surface area contributed by atoms with Crippen molar-refractivity contribution in [2.45, 2.75) is 57.3 Å². The lowest BCUT2D eigenvalue weighted by Crippen LogP contribution is -2.50. The molecule has 6 rings (SSSR count). The first-order valence-corrected chi connectivity index (χ1v) is 9.28. The first kappa shape index (κ1) is 13.2. The number of fused-ring (bicyclic) bond motifs is 6. The maximum Gasteiger partial charge on any atom is 0.312 e. The van der Waals surface area contributed by atoms with E-state index in [-0.39, 0.29) is 29.7 Å². The first-order chi connectivity index (χ1) is 11.2. The predicted octanol–water partition coefficient (Wildman–Crippen LogP) is 2.62. The van der Waals surface area contributed by atoms with Gasteiger partial charge in [-0.2, -0.15) is 0 Å². The van der Waals surface area contributed by atoms with Crippen molar-refractivity contribution >= 4 is 11.8 Å². The first-order valence-electron chi connectivity index (χ1n) is 9.28. The van der Waals surface area contributed by atoms with E-state index in [4.69, 9.17) is 9.47 Å². The van der Waals surface area contributed by atoms with Crippen LogP contribution in [-0.2, 0) is 19.1 Å². The van der Waals surface area contributed by atoms with E-state index in [0.717, 1.165) is 32.1 Å². The summed E-state index contributed by atoms with van der Waals surface area (Å²) in [4.78, 5) is 24.0. The Bertz CT molecular complexity index is 652. The molecule has 2 saturated heterocycles. The molecule has 0 aromatic carbocycles. The van der Waals surface area contributed by atoms with Gasteiger partial charge in [0.05, 0.1) is 17.4 Å². The predicted molar refractivity (Wildman–Crippen MR) is 80.0 cm³/mol. The van der Waals surface area contributed by atoms with E-state index >= 15 is 0 Å². The van der Waals surface area contributed by atoms with Crippen LogP contribution in [0, 0.1) is 35.0 Å².